The maximum absolute atomic E-state index is 5.18. The highest BCUT2D eigenvalue weighted by Crippen LogP contribution is 2.48. The fourth-order valence-electron chi connectivity index (χ4n) is 6.00. The van der Waals surface area contributed by atoms with Gasteiger partial charge in [0.1, 0.15) is 0 Å². The maximum Gasteiger partial charge on any atom is 0.161 e. The van der Waals surface area contributed by atoms with Gasteiger partial charge in [-0.05, 0) is 17.2 Å². The van der Waals surface area contributed by atoms with Crippen LogP contribution < -0.4 is 0 Å². The molecule has 3 heteroatoms. The van der Waals surface area contributed by atoms with Gasteiger partial charge in [-0.15, -0.1) is 11.3 Å². The number of hydrogen-bond donors (Lipinski definition) is 0. The Morgan fingerprint density at radius 3 is 1.22 bits per heavy atom. The van der Waals surface area contributed by atoms with Crippen molar-refractivity contribution >= 4 is 22.1 Å². The number of fused-ring (bicyclic) bond motifs is 1. The van der Waals surface area contributed by atoms with E-state index in [-0.39, 0.29) is 0 Å². The molecule has 0 atom stereocenters. The maximum atomic E-state index is 5.18. The molecule has 0 fully saturated rings. The molecule has 0 saturated carbocycles. The van der Waals surface area contributed by atoms with Crippen LogP contribution in [0.15, 0.2) is 170 Å². The van der Waals surface area contributed by atoms with E-state index in [0.29, 0.717) is 0 Å². The number of thiophene rings is 1. The normalized spacial score (nSPS) is 11.1. The summed E-state index contributed by atoms with van der Waals surface area (Å²) in [4.78, 5) is 12.8. The van der Waals surface area contributed by atoms with Gasteiger partial charge in [-0.1, -0.05) is 164 Å². The summed E-state index contributed by atoms with van der Waals surface area (Å²) in [5, 5.41) is 2.48. The topological polar surface area (TPSA) is 25.8 Å². The van der Waals surface area contributed by atoms with Crippen LogP contribution in [-0.4, -0.2) is 9.97 Å². The molecule has 212 valence electrons. The summed E-state index contributed by atoms with van der Waals surface area (Å²) in [5.74, 6) is 0.717. The first-order valence-corrected chi connectivity index (χ1v) is 15.9. The summed E-state index contributed by atoms with van der Waals surface area (Å²) in [6.07, 6.45) is 0. The van der Waals surface area contributed by atoms with Crippen molar-refractivity contribution in [2.45, 2.75) is 0 Å². The third kappa shape index (κ3) is 5.14. The van der Waals surface area contributed by atoms with Gasteiger partial charge in [0, 0.05) is 48.3 Å². The van der Waals surface area contributed by atoms with E-state index in [9.17, 15) is 0 Å². The Hall–Kier alpha value is -5.64. The molecule has 6 aromatic carbocycles. The van der Waals surface area contributed by atoms with Crippen LogP contribution in [0.25, 0.3) is 76.7 Å². The zero-order valence-electron chi connectivity index (χ0n) is 24.5. The highest BCUT2D eigenvalue weighted by atomic mass is 32.1. The summed E-state index contributed by atoms with van der Waals surface area (Å²) >= 11 is 1.84. The van der Waals surface area contributed by atoms with Crippen LogP contribution in [0.3, 0.4) is 0 Å². The molecule has 8 rings (SSSR count). The third-order valence-corrected chi connectivity index (χ3v) is 9.44. The summed E-state index contributed by atoms with van der Waals surface area (Å²) in [7, 11) is 0. The molecule has 0 radical (unpaired) electrons. The molecule has 0 bridgehead atoms. The molecular formula is C42H28N2S. The standard InChI is InChI=1S/C42H28N2S/c1-4-16-29(17-5-1)32-22-10-11-23-33(32)40-34-24-12-13-25-35(34)41(45-40)36-26-14-15-27-37(36)42-43-38(30-18-6-2-7-19-30)28-39(44-42)31-20-8-3-9-21-31/h1-28H. The summed E-state index contributed by atoms with van der Waals surface area (Å²) < 4.78 is 0. The number of aromatic nitrogens is 2. The number of nitrogens with zero attached hydrogens (tertiary/aromatic N) is 2. The first-order chi connectivity index (χ1) is 22.3. The van der Waals surface area contributed by atoms with E-state index in [1.165, 1.54) is 37.2 Å². The first kappa shape index (κ1) is 26.9. The average molecular weight is 593 g/mol. The Morgan fingerprint density at radius 2 is 0.711 bits per heavy atom. The monoisotopic (exact) mass is 592 g/mol. The van der Waals surface area contributed by atoms with Gasteiger partial charge in [-0.2, -0.15) is 0 Å². The van der Waals surface area contributed by atoms with Crippen molar-refractivity contribution in [3.8, 4) is 65.9 Å². The second-order valence-electron chi connectivity index (χ2n) is 11.0. The van der Waals surface area contributed by atoms with Crippen LogP contribution in [0.4, 0.5) is 0 Å². The van der Waals surface area contributed by atoms with Gasteiger partial charge in [0.2, 0.25) is 0 Å². The van der Waals surface area contributed by atoms with Crippen molar-refractivity contribution in [3.05, 3.63) is 170 Å². The van der Waals surface area contributed by atoms with Crippen LogP contribution in [0.5, 0.6) is 0 Å². The Kier molecular flexibility index (Phi) is 7.07. The van der Waals surface area contributed by atoms with Crippen LogP contribution >= 0.6 is 11.3 Å². The molecule has 0 spiro atoms. The molecular weight excluding hydrogens is 565 g/mol. The second-order valence-corrected chi connectivity index (χ2v) is 12.0. The van der Waals surface area contributed by atoms with Gasteiger partial charge in [0.15, 0.2) is 5.82 Å². The Bertz CT molecular complexity index is 2200. The molecule has 0 amide bonds. The largest absolute Gasteiger partial charge is 0.228 e. The van der Waals surface area contributed by atoms with E-state index in [4.69, 9.17) is 9.97 Å². The first-order valence-electron chi connectivity index (χ1n) is 15.1. The lowest BCUT2D eigenvalue weighted by Gasteiger charge is -2.12. The van der Waals surface area contributed by atoms with E-state index in [2.05, 4.69) is 158 Å². The van der Waals surface area contributed by atoms with Crippen LogP contribution in [0.1, 0.15) is 0 Å². The van der Waals surface area contributed by atoms with E-state index in [1.807, 2.05) is 23.5 Å². The fourth-order valence-corrected chi connectivity index (χ4v) is 7.36. The van der Waals surface area contributed by atoms with Crippen molar-refractivity contribution < 1.29 is 0 Å². The molecule has 0 aliphatic carbocycles. The summed E-state index contributed by atoms with van der Waals surface area (Å²) in [5.41, 5.74) is 9.78. The van der Waals surface area contributed by atoms with Crippen LogP contribution in [-0.2, 0) is 0 Å². The summed E-state index contributed by atoms with van der Waals surface area (Å²) in [6.45, 7) is 0. The zero-order chi connectivity index (χ0) is 30.0. The van der Waals surface area contributed by atoms with E-state index in [1.54, 1.807) is 0 Å². The molecule has 8 aromatic rings. The van der Waals surface area contributed by atoms with Crippen molar-refractivity contribution in [2.24, 2.45) is 0 Å². The van der Waals surface area contributed by atoms with Gasteiger partial charge in [0.05, 0.1) is 11.4 Å². The highest BCUT2D eigenvalue weighted by molar-refractivity contribution is 7.21. The van der Waals surface area contributed by atoms with Gasteiger partial charge in [0.25, 0.3) is 0 Å². The predicted molar refractivity (Wildman–Crippen MR) is 190 cm³/mol. The van der Waals surface area contributed by atoms with Crippen molar-refractivity contribution in [3.63, 3.8) is 0 Å². The molecule has 0 saturated heterocycles. The lowest BCUT2D eigenvalue weighted by atomic mass is 9.96. The summed E-state index contributed by atoms with van der Waals surface area (Å²) in [6, 6.07) is 59.5. The smallest absolute Gasteiger partial charge is 0.161 e. The predicted octanol–water partition coefficient (Wildman–Crippen LogP) is 11.7. The lowest BCUT2D eigenvalue weighted by Crippen LogP contribution is -1.97. The van der Waals surface area contributed by atoms with Gasteiger partial charge < -0.3 is 0 Å². The molecule has 2 nitrogen and oxygen atoms in total. The minimum Gasteiger partial charge on any atom is -0.228 e. The van der Waals surface area contributed by atoms with E-state index in [0.717, 1.165) is 39.5 Å². The molecule has 45 heavy (non-hydrogen) atoms. The molecule has 2 aromatic heterocycles. The highest BCUT2D eigenvalue weighted by Gasteiger charge is 2.20. The molecule has 0 unspecified atom stereocenters. The minimum absolute atomic E-state index is 0.717. The average Bonchev–Trinajstić information content (AvgIpc) is 3.52. The minimum atomic E-state index is 0.717. The van der Waals surface area contributed by atoms with Gasteiger partial charge in [-0.3, -0.25) is 0 Å². The molecule has 0 aliphatic heterocycles. The number of rotatable bonds is 6. The van der Waals surface area contributed by atoms with Gasteiger partial charge >= 0.3 is 0 Å². The van der Waals surface area contributed by atoms with Crippen LogP contribution in [0.2, 0.25) is 0 Å². The Labute approximate surface area is 267 Å². The van der Waals surface area contributed by atoms with Gasteiger partial charge in [-0.25, -0.2) is 9.97 Å². The second kappa shape index (κ2) is 11.8. The van der Waals surface area contributed by atoms with E-state index >= 15 is 0 Å². The zero-order valence-corrected chi connectivity index (χ0v) is 25.3. The third-order valence-electron chi connectivity index (χ3n) is 8.15. The molecule has 0 N–H and O–H groups in total. The van der Waals surface area contributed by atoms with Crippen LogP contribution in [0, 0.1) is 0 Å². The molecule has 0 aliphatic rings. The molecule has 2 heterocycles. The quantitative estimate of drug-likeness (QED) is 0.192. The van der Waals surface area contributed by atoms with Crippen molar-refractivity contribution in [1.29, 1.82) is 0 Å². The van der Waals surface area contributed by atoms with Crippen molar-refractivity contribution in [2.75, 3.05) is 0 Å². The van der Waals surface area contributed by atoms with Crippen molar-refractivity contribution in [1.82, 2.24) is 9.97 Å². The lowest BCUT2D eigenvalue weighted by molar-refractivity contribution is 1.18. The number of hydrogen-bond acceptors (Lipinski definition) is 3. The SMILES string of the molecule is c1ccc(-c2cc(-c3ccccc3)nc(-c3ccccc3-c3sc(-c4ccccc4-c4ccccc4)c4ccccc34)n2)cc1. The Balaban J connectivity index is 1.34. The van der Waals surface area contributed by atoms with E-state index < -0.39 is 0 Å². The fraction of sp³-hybridized carbons (Fsp3) is 0. The Morgan fingerprint density at radius 1 is 0.333 bits per heavy atom. The number of benzene rings is 6.